The summed E-state index contributed by atoms with van der Waals surface area (Å²) < 4.78 is 22.1. The lowest BCUT2D eigenvalue weighted by Gasteiger charge is -2.45. The molecule has 0 aliphatic carbocycles. The third kappa shape index (κ3) is 8.48. The first-order valence-corrected chi connectivity index (χ1v) is 15.8. The minimum Gasteiger partial charge on any atom is -0.491 e. The van der Waals surface area contributed by atoms with Crippen LogP contribution in [-0.4, -0.2) is 85.4 Å². The van der Waals surface area contributed by atoms with Crippen LogP contribution in [0.5, 0.6) is 11.5 Å². The molecule has 0 bridgehead atoms. The Morgan fingerprint density at radius 2 is 1.02 bits per heavy atom. The number of rotatable bonds is 18. The number of carbonyl (C=O) groups excluding carboxylic acids is 2. The van der Waals surface area contributed by atoms with Crippen molar-refractivity contribution in [1.82, 2.24) is 9.80 Å². The van der Waals surface area contributed by atoms with Gasteiger partial charge in [-0.2, -0.15) is 0 Å². The Bertz CT molecular complexity index is 1050. The Morgan fingerprint density at radius 1 is 0.643 bits per heavy atom. The molecule has 3 fully saturated rings. The monoisotopic (exact) mass is 578 g/mol. The smallest absolute Gasteiger partial charge is 0.246 e. The van der Waals surface area contributed by atoms with Crippen LogP contribution in [0.3, 0.4) is 0 Å². The molecule has 0 spiro atoms. The number of piperazine rings is 1. The molecule has 8 heteroatoms. The molecule has 0 radical (unpaired) electrons. The standard InChI is InChI=1S/C34H46N2O6/c1-3-5-7-17-35-31(19-25-9-13-27(14-10-25)39-21-29-23-41-29)34(38)36(18-8-6-4-2)32(33(35)37)20-26-11-15-28(16-12-26)40-22-30-24-42-30/h9-16,29-32H,3-8,17-24H2,1-2H3/t29?,30?,31-,32+. The highest BCUT2D eigenvalue weighted by Crippen LogP contribution is 2.27. The van der Waals surface area contributed by atoms with E-state index in [0.29, 0.717) is 39.1 Å². The van der Waals surface area contributed by atoms with Crippen LogP contribution in [0.4, 0.5) is 0 Å². The molecule has 8 nitrogen and oxygen atoms in total. The van der Waals surface area contributed by atoms with Crippen LogP contribution in [0.1, 0.15) is 63.5 Å². The average Bonchev–Trinajstić information content (AvgIpc) is 3.94. The number of carbonyl (C=O) groups is 2. The first kappa shape index (κ1) is 30.4. The van der Waals surface area contributed by atoms with Gasteiger partial charge in [0.05, 0.1) is 13.2 Å². The second kappa shape index (κ2) is 14.9. The fourth-order valence-electron chi connectivity index (χ4n) is 5.54. The lowest BCUT2D eigenvalue weighted by atomic mass is 9.93. The van der Waals surface area contributed by atoms with E-state index in [2.05, 4.69) is 13.8 Å². The van der Waals surface area contributed by atoms with Gasteiger partial charge in [-0.25, -0.2) is 0 Å². The average molecular weight is 579 g/mol. The molecule has 0 aromatic heterocycles. The van der Waals surface area contributed by atoms with Gasteiger partial charge in [-0.15, -0.1) is 0 Å². The Balaban J connectivity index is 1.32. The summed E-state index contributed by atoms with van der Waals surface area (Å²) in [4.78, 5) is 32.2. The van der Waals surface area contributed by atoms with Crippen LogP contribution >= 0.6 is 0 Å². The fraction of sp³-hybridized carbons (Fsp3) is 0.588. The van der Waals surface area contributed by atoms with Gasteiger partial charge in [-0.1, -0.05) is 63.8 Å². The van der Waals surface area contributed by atoms with Crippen LogP contribution in [0, 0.1) is 0 Å². The summed E-state index contributed by atoms with van der Waals surface area (Å²) in [7, 11) is 0. The van der Waals surface area contributed by atoms with E-state index in [0.717, 1.165) is 74.4 Å². The summed E-state index contributed by atoms with van der Waals surface area (Å²) in [6.07, 6.45) is 7.35. The number of benzene rings is 2. The summed E-state index contributed by atoms with van der Waals surface area (Å²) in [6.45, 7) is 8.14. The molecule has 2 amide bonds. The molecular formula is C34H46N2O6. The summed E-state index contributed by atoms with van der Waals surface area (Å²) in [6, 6.07) is 14.8. The predicted molar refractivity (Wildman–Crippen MR) is 161 cm³/mol. The first-order chi connectivity index (χ1) is 20.6. The van der Waals surface area contributed by atoms with Crippen molar-refractivity contribution in [1.29, 1.82) is 0 Å². The van der Waals surface area contributed by atoms with Gasteiger partial charge >= 0.3 is 0 Å². The van der Waals surface area contributed by atoms with Gasteiger partial charge in [0.25, 0.3) is 0 Å². The van der Waals surface area contributed by atoms with Gasteiger partial charge in [0.2, 0.25) is 11.8 Å². The van der Waals surface area contributed by atoms with Crippen LogP contribution < -0.4 is 9.47 Å². The molecule has 5 rings (SSSR count). The van der Waals surface area contributed by atoms with Crippen molar-refractivity contribution in [3.8, 4) is 11.5 Å². The zero-order valence-corrected chi connectivity index (χ0v) is 25.2. The highest BCUT2D eigenvalue weighted by molar-refractivity contribution is 5.97. The minimum absolute atomic E-state index is 0.0581. The van der Waals surface area contributed by atoms with Crippen molar-refractivity contribution in [3.05, 3.63) is 59.7 Å². The zero-order chi connectivity index (χ0) is 29.3. The maximum Gasteiger partial charge on any atom is 0.246 e. The molecule has 4 atom stereocenters. The van der Waals surface area contributed by atoms with Crippen LogP contribution in [-0.2, 0) is 31.9 Å². The molecule has 3 saturated heterocycles. The van der Waals surface area contributed by atoms with Gasteiger partial charge in [0.15, 0.2) is 0 Å². The van der Waals surface area contributed by atoms with Gasteiger partial charge < -0.3 is 28.7 Å². The highest BCUT2D eigenvalue weighted by atomic mass is 16.6. The van der Waals surface area contributed by atoms with E-state index in [9.17, 15) is 9.59 Å². The summed E-state index contributed by atoms with van der Waals surface area (Å²) in [5, 5.41) is 0. The third-order valence-corrected chi connectivity index (χ3v) is 8.28. The SMILES string of the molecule is CCCCCN1C(=O)[C@H](Cc2ccc(OCC3CO3)cc2)N(CCCCC)C(=O)[C@H]1Cc1ccc(OCC2CO2)cc1. The van der Waals surface area contributed by atoms with Crippen molar-refractivity contribution >= 4 is 11.8 Å². The highest BCUT2D eigenvalue weighted by Gasteiger charge is 2.45. The van der Waals surface area contributed by atoms with Crippen LogP contribution in [0.15, 0.2) is 48.5 Å². The Labute approximate surface area is 250 Å². The second-order valence-electron chi connectivity index (χ2n) is 11.7. The lowest BCUT2D eigenvalue weighted by molar-refractivity contribution is -0.162. The van der Waals surface area contributed by atoms with E-state index in [1.807, 2.05) is 58.3 Å². The summed E-state index contributed by atoms with van der Waals surface area (Å²) >= 11 is 0. The number of ether oxygens (including phenoxy) is 4. The lowest BCUT2D eigenvalue weighted by Crippen LogP contribution is -2.66. The van der Waals surface area contributed by atoms with Gasteiger partial charge in [0.1, 0.15) is 49.0 Å². The number of unbranched alkanes of at least 4 members (excludes halogenated alkanes) is 4. The molecule has 2 aromatic rings. The number of hydrogen-bond donors (Lipinski definition) is 0. The maximum atomic E-state index is 14.2. The number of nitrogens with zero attached hydrogens (tertiary/aromatic N) is 2. The maximum absolute atomic E-state index is 14.2. The molecule has 3 aliphatic rings. The molecule has 2 aromatic carbocycles. The van der Waals surface area contributed by atoms with Gasteiger partial charge in [0, 0.05) is 25.9 Å². The third-order valence-electron chi connectivity index (χ3n) is 8.28. The zero-order valence-electron chi connectivity index (χ0n) is 25.2. The van der Waals surface area contributed by atoms with Crippen molar-refractivity contribution < 1.29 is 28.5 Å². The largest absolute Gasteiger partial charge is 0.491 e. The van der Waals surface area contributed by atoms with E-state index >= 15 is 0 Å². The van der Waals surface area contributed by atoms with Gasteiger partial charge in [-0.05, 0) is 48.2 Å². The molecule has 3 aliphatic heterocycles. The Hall–Kier alpha value is -3.10. The van der Waals surface area contributed by atoms with Crippen molar-refractivity contribution in [3.63, 3.8) is 0 Å². The van der Waals surface area contributed by atoms with E-state index in [-0.39, 0.29) is 24.0 Å². The predicted octanol–water partition coefficient (Wildman–Crippen LogP) is 4.82. The van der Waals surface area contributed by atoms with E-state index in [1.165, 1.54) is 0 Å². The Morgan fingerprint density at radius 3 is 1.36 bits per heavy atom. The molecule has 2 unspecified atom stereocenters. The Kier molecular flexibility index (Phi) is 10.8. The molecule has 228 valence electrons. The molecule has 42 heavy (non-hydrogen) atoms. The summed E-state index contributed by atoms with van der Waals surface area (Å²) in [5.74, 6) is 1.70. The van der Waals surface area contributed by atoms with Crippen LogP contribution in [0.2, 0.25) is 0 Å². The van der Waals surface area contributed by atoms with E-state index in [4.69, 9.17) is 18.9 Å². The second-order valence-corrected chi connectivity index (χ2v) is 11.7. The van der Waals surface area contributed by atoms with Crippen molar-refractivity contribution in [2.75, 3.05) is 39.5 Å². The normalized spacial score (nSPS) is 23.3. The minimum atomic E-state index is -0.501. The molecule has 0 N–H and O–H groups in total. The van der Waals surface area contributed by atoms with Gasteiger partial charge in [-0.3, -0.25) is 9.59 Å². The van der Waals surface area contributed by atoms with Crippen molar-refractivity contribution in [2.24, 2.45) is 0 Å². The van der Waals surface area contributed by atoms with Crippen LogP contribution in [0.25, 0.3) is 0 Å². The van der Waals surface area contributed by atoms with Crippen molar-refractivity contribution in [2.45, 2.75) is 89.5 Å². The number of hydrogen-bond acceptors (Lipinski definition) is 6. The van der Waals surface area contributed by atoms with E-state index in [1.54, 1.807) is 0 Å². The quantitative estimate of drug-likeness (QED) is 0.186. The molecule has 3 heterocycles. The fourth-order valence-corrected chi connectivity index (χ4v) is 5.54. The topological polar surface area (TPSA) is 84.1 Å². The molecule has 0 saturated carbocycles. The number of amides is 2. The first-order valence-electron chi connectivity index (χ1n) is 15.8. The summed E-state index contributed by atoms with van der Waals surface area (Å²) in [5.41, 5.74) is 2.05. The molecular weight excluding hydrogens is 532 g/mol. The number of epoxide rings is 2. The van der Waals surface area contributed by atoms with E-state index < -0.39 is 12.1 Å².